The maximum atomic E-state index is 12.2. The van der Waals surface area contributed by atoms with Crippen molar-refractivity contribution in [2.24, 2.45) is 5.92 Å². The van der Waals surface area contributed by atoms with Crippen molar-refractivity contribution < 1.29 is 4.79 Å². The number of piperidine rings is 1. The summed E-state index contributed by atoms with van der Waals surface area (Å²) in [5.74, 6) is 0.219. The monoisotopic (exact) mass is 288 g/mol. The number of imidazole rings is 1. The van der Waals surface area contributed by atoms with Crippen LogP contribution in [0.4, 0.5) is 0 Å². The summed E-state index contributed by atoms with van der Waals surface area (Å²) in [6.45, 7) is 3.77. The van der Waals surface area contributed by atoms with E-state index in [4.69, 9.17) is 0 Å². The molecule has 1 atom stereocenters. The van der Waals surface area contributed by atoms with Crippen LogP contribution in [-0.2, 0) is 4.79 Å². The minimum Gasteiger partial charge on any atom is -0.349 e. The Morgan fingerprint density at radius 2 is 1.95 bits per heavy atom. The van der Waals surface area contributed by atoms with Crippen molar-refractivity contribution in [3.8, 4) is 0 Å². The highest BCUT2D eigenvalue weighted by Gasteiger charge is 2.22. The summed E-state index contributed by atoms with van der Waals surface area (Å²) in [6, 6.07) is 5.62. The molecule has 1 fully saturated rings. The molecule has 1 aliphatic rings. The highest BCUT2D eigenvalue weighted by Crippen LogP contribution is 2.19. The van der Waals surface area contributed by atoms with Gasteiger partial charge in [0.1, 0.15) is 0 Å². The number of hydrogen-bond acceptors (Lipinski definition) is 3. The Kier molecular flexibility index (Phi) is 3.79. The van der Waals surface area contributed by atoms with Gasteiger partial charge in [-0.1, -0.05) is 6.07 Å². The van der Waals surface area contributed by atoms with Crippen molar-refractivity contribution in [3.63, 3.8) is 0 Å². The summed E-state index contributed by atoms with van der Waals surface area (Å²) >= 11 is 0. The van der Waals surface area contributed by atoms with Crippen LogP contribution in [0.5, 0.6) is 0 Å². The lowest BCUT2D eigenvalue weighted by molar-refractivity contribution is -0.126. The Balaban J connectivity index is 1.72. The fourth-order valence-electron chi connectivity index (χ4n) is 2.82. The van der Waals surface area contributed by atoms with Gasteiger partial charge >= 0.3 is 5.69 Å². The summed E-state index contributed by atoms with van der Waals surface area (Å²) in [6.07, 6.45) is 1.78. The van der Waals surface area contributed by atoms with Crippen molar-refractivity contribution >= 4 is 16.9 Å². The summed E-state index contributed by atoms with van der Waals surface area (Å²) in [5.41, 5.74) is 2.31. The van der Waals surface area contributed by atoms with E-state index in [1.807, 2.05) is 25.1 Å². The number of aromatic nitrogens is 2. The fraction of sp³-hybridized carbons (Fsp3) is 0.467. The molecule has 0 saturated carbocycles. The first-order valence-corrected chi connectivity index (χ1v) is 7.36. The molecule has 6 heteroatoms. The van der Waals surface area contributed by atoms with Crippen LogP contribution in [0.25, 0.3) is 11.0 Å². The predicted octanol–water partition coefficient (Wildman–Crippen LogP) is 1.03. The van der Waals surface area contributed by atoms with Gasteiger partial charge in [-0.05, 0) is 50.6 Å². The van der Waals surface area contributed by atoms with Crippen LogP contribution in [0.15, 0.2) is 23.0 Å². The molecule has 1 aromatic heterocycles. The first kappa shape index (κ1) is 13.9. The van der Waals surface area contributed by atoms with Crippen LogP contribution >= 0.6 is 0 Å². The van der Waals surface area contributed by atoms with E-state index < -0.39 is 0 Å². The van der Waals surface area contributed by atoms with Crippen LogP contribution < -0.4 is 16.3 Å². The van der Waals surface area contributed by atoms with Gasteiger partial charge in [0.15, 0.2) is 0 Å². The lowest BCUT2D eigenvalue weighted by atomic mass is 9.96. The molecule has 0 bridgehead atoms. The van der Waals surface area contributed by atoms with Crippen molar-refractivity contribution in [2.75, 3.05) is 13.1 Å². The molecule has 2 aromatic rings. The van der Waals surface area contributed by atoms with Crippen LogP contribution in [-0.4, -0.2) is 29.0 Å². The lowest BCUT2D eigenvalue weighted by Gasteiger charge is -2.24. The number of benzene rings is 1. The molecule has 0 radical (unpaired) electrons. The molecule has 0 aliphatic carbocycles. The minimum atomic E-state index is -0.214. The van der Waals surface area contributed by atoms with Gasteiger partial charge in [0, 0.05) is 5.92 Å². The third kappa shape index (κ3) is 3.00. The zero-order chi connectivity index (χ0) is 14.8. The number of H-pyrrole nitrogens is 2. The Bertz CT molecular complexity index is 697. The van der Waals surface area contributed by atoms with E-state index in [1.165, 1.54) is 0 Å². The predicted molar refractivity (Wildman–Crippen MR) is 81.1 cm³/mol. The molecular formula is C15H20N4O2. The molecule has 0 spiro atoms. The van der Waals surface area contributed by atoms with Crippen LogP contribution in [0.1, 0.15) is 31.4 Å². The number of aromatic amines is 2. The molecule has 3 rings (SSSR count). The standard InChI is InChI=1S/C15H20N4O2/c1-9(17-14(20)10-4-6-16-7-5-10)11-2-3-12-13(8-11)19-15(21)18-12/h2-3,8-10,16H,4-7H2,1H3,(H,17,20)(H2,18,19,21). The summed E-state index contributed by atoms with van der Waals surface area (Å²) in [5, 5.41) is 6.33. The Morgan fingerprint density at radius 1 is 1.24 bits per heavy atom. The zero-order valence-corrected chi connectivity index (χ0v) is 12.0. The van der Waals surface area contributed by atoms with Crippen molar-refractivity contribution in [1.29, 1.82) is 0 Å². The molecule has 1 saturated heterocycles. The van der Waals surface area contributed by atoms with E-state index >= 15 is 0 Å². The van der Waals surface area contributed by atoms with Gasteiger partial charge in [-0.2, -0.15) is 0 Å². The summed E-state index contributed by atoms with van der Waals surface area (Å²) in [7, 11) is 0. The number of fused-ring (bicyclic) bond motifs is 1. The summed E-state index contributed by atoms with van der Waals surface area (Å²) in [4.78, 5) is 29.0. The average molecular weight is 288 g/mol. The summed E-state index contributed by atoms with van der Waals surface area (Å²) < 4.78 is 0. The number of carbonyl (C=O) groups is 1. The number of rotatable bonds is 3. The van der Waals surface area contributed by atoms with Gasteiger partial charge in [0.05, 0.1) is 17.1 Å². The van der Waals surface area contributed by atoms with Crippen molar-refractivity contribution in [2.45, 2.75) is 25.8 Å². The van der Waals surface area contributed by atoms with Gasteiger partial charge in [0.2, 0.25) is 5.91 Å². The molecule has 2 heterocycles. The van der Waals surface area contributed by atoms with Gasteiger partial charge in [0.25, 0.3) is 0 Å². The van der Waals surface area contributed by atoms with Gasteiger partial charge < -0.3 is 20.6 Å². The Labute approximate surface area is 122 Å². The first-order chi connectivity index (χ1) is 10.1. The van der Waals surface area contributed by atoms with Crippen molar-refractivity contribution in [1.82, 2.24) is 20.6 Å². The second-order valence-corrected chi connectivity index (χ2v) is 5.64. The number of hydrogen-bond donors (Lipinski definition) is 4. The fourth-order valence-corrected chi connectivity index (χ4v) is 2.82. The van der Waals surface area contributed by atoms with Crippen LogP contribution in [0.2, 0.25) is 0 Å². The van der Waals surface area contributed by atoms with E-state index in [0.717, 1.165) is 42.5 Å². The molecule has 1 aromatic carbocycles. The van der Waals surface area contributed by atoms with Crippen molar-refractivity contribution in [3.05, 3.63) is 34.2 Å². The highest BCUT2D eigenvalue weighted by molar-refractivity contribution is 5.80. The Morgan fingerprint density at radius 3 is 2.71 bits per heavy atom. The largest absolute Gasteiger partial charge is 0.349 e. The van der Waals surface area contributed by atoms with E-state index in [2.05, 4.69) is 20.6 Å². The SMILES string of the molecule is CC(NC(=O)C1CCNCC1)c1ccc2[nH]c(=O)[nH]c2c1. The van der Waals surface area contributed by atoms with Gasteiger partial charge in [-0.3, -0.25) is 4.79 Å². The second-order valence-electron chi connectivity index (χ2n) is 5.64. The van der Waals surface area contributed by atoms with Gasteiger partial charge in [-0.25, -0.2) is 4.79 Å². The van der Waals surface area contributed by atoms with Crippen LogP contribution in [0.3, 0.4) is 0 Å². The van der Waals surface area contributed by atoms with Crippen LogP contribution in [0, 0.1) is 5.92 Å². The molecule has 21 heavy (non-hydrogen) atoms. The maximum Gasteiger partial charge on any atom is 0.323 e. The maximum absolute atomic E-state index is 12.2. The molecule has 6 nitrogen and oxygen atoms in total. The zero-order valence-electron chi connectivity index (χ0n) is 12.0. The highest BCUT2D eigenvalue weighted by atomic mass is 16.2. The number of nitrogens with one attached hydrogen (secondary N) is 4. The normalized spacial score (nSPS) is 17.8. The minimum absolute atomic E-state index is 0.0739. The van der Waals surface area contributed by atoms with E-state index in [-0.39, 0.29) is 23.6 Å². The second kappa shape index (κ2) is 5.73. The quantitative estimate of drug-likeness (QED) is 0.680. The molecule has 4 N–H and O–H groups in total. The molecule has 112 valence electrons. The van der Waals surface area contributed by atoms with E-state index in [1.54, 1.807) is 0 Å². The topological polar surface area (TPSA) is 89.8 Å². The molecule has 1 unspecified atom stereocenters. The average Bonchev–Trinajstić information content (AvgIpc) is 2.87. The number of carbonyl (C=O) groups excluding carboxylic acids is 1. The van der Waals surface area contributed by atoms with E-state index in [0.29, 0.717) is 0 Å². The molecular weight excluding hydrogens is 268 g/mol. The lowest BCUT2D eigenvalue weighted by Crippen LogP contribution is -2.39. The first-order valence-electron chi connectivity index (χ1n) is 7.36. The number of amides is 1. The third-order valence-corrected chi connectivity index (χ3v) is 4.11. The molecule has 1 aliphatic heterocycles. The third-order valence-electron chi connectivity index (χ3n) is 4.11. The molecule has 1 amide bonds. The Hall–Kier alpha value is -2.08. The smallest absolute Gasteiger partial charge is 0.323 e. The van der Waals surface area contributed by atoms with Gasteiger partial charge in [-0.15, -0.1) is 0 Å². The van der Waals surface area contributed by atoms with E-state index in [9.17, 15) is 9.59 Å².